The van der Waals surface area contributed by atoms with Crippen molar-refractivity contribution < 1.29 is 14.7 Å². The summed E-state index contributed by atoms with van der Waals surface area (Å²) in [4.78, 5) is 23.8. The zero-order valence-electron chi connectivity index (χ0n) is 12.0. The maximum atomic E-state index is 12.4. The van der Waals surface area contributed by atoms with E-state index in [1.807, 2.05) is 30.3 Å². The van der Waals surface area contributed by atoms with Crippen molar-refractivity contribution in [2.45, 2.75) is 25.7 Å². The molecule has 4 nitrogen and oxygen atoms in total. The van der Waals surface area contributed by atoms with Crippen LogP contribution in [0.1, 0.15) is 24.8 Å². The first-order chi connectivity index (χ1) is 10.2. The van der Waals surface area contributed by atoms with Gasteiger partial charge < -0.3 is 10.4 Å². The van der Waals surface area contributed by atoms with Gasteiger partial charge in [0.05, 0.1) is 11.8 Å². The van der Waals surface area contributed by atoms with Crippen LogP contribution < -0.4 is 5.32 Å². The normalized spacial score (nSPS) is 30.3. The summed E-state index contributed by atoms with van der Waals surface area (Å²) in [5.41, 5.74) is 1.18. The highest BCUT2D eigenvalue weighted by Crippen LogP contribution is 2.52. The second kappa shape index (κ2) is 5.88. The molecule has 2 aliphatic carbocycles. The third-order valence-corrected chi connectivity index (χ3v) is 5.06. The van der Waals surface area contributed by atoms with Crippen molar-refractivity contribution in [3.63, 3.8) is 0 Å². The van der Waals surface area contributed by atoms with E-state index >= 15 is 0 Å². The number of carboxylic acid groups (broad SMARTS) is 1. The fourth-order valence-corrected chi connectivity index (χ4v) is 4.12. The molecular weight excluding hydrogens is 266 g/mol. The second-order valence-electron chi connectivity index (χ2n) is 6.25. The van der Waals surface area contributed by atoms with Gasteiger partial charge in [-0.2, -0.15) is 0 Å². The number of hydrogen-bond acceptors (Lipinski definition) is 2. The summed E-state index contributed by atoms with van der Waals surface area (Å²) >= 11 is 0. The van der Waals surface area contributed by atoms with Gasteiger partial charge in [-0.15, -0.1) is 0 Å². The number of amides is 1. The number of fused-ring (bicyclic) bond motifs is 2. The molecule has 1 aromatic carbocycles. The van der Waals surface area contributed by atoms with Crippen LogP contribution in [0.5, 0.6) is 0 Å². The van der Waals surface area contributed by atoms with Crippen LogP contribution in [0.3, 0.4) is 0 Å². The van der Waals surface area contributed by atoms with Crippen LogP contribution in [0.4, 0.5) is 0 Å². The first kappa shape index (κ1) is 14.1. The zero-order chi connectivity index (χ0) is 14.8. The van der Waals surface area contributed by atoms with Crippen molar-refractivity contribution in [3.8, 4) is 0 Å². The van der Waals surface area contributed by atoms with Gasteiger partial charge >= 0.3 is 5.97 Å². The number of carboxylic acids is 1. The molecule has 4 heteroatoms. The molecule has 0 saturated heterocycles. The molecule has 0 radical (unpaired) electrons. The maximum absolute atomic E-state index is 12.4. The average Bonchev–Trinajstić information content (AvgIpc) is 3.08. The van der Waals surface area contributed by atoms with Crippen LogP contribution in [-0.4, -0.2) is 23.5 Å². The first-order valence-electron chi connectivity index (χ1n) is 7.71. The van der Waals surface area contributed by atoms with Crippen LogP contribution in [0.25, 0.3) is 0 Å². The lowest BCUT2D eigenvalue weighted by molar-refractivity contribution is -0.149. The molecule has 112 valence electrons. The molecule has 2 N–H and O–H groups in total. The van der Waals surface area contributed by atoms with E-state index in [9.17, 15) is 14.7 Å². The molecule has 3 rings (SSSR count). The molecule has 2 saturated carbocycles. The Morgan fingerprint density at radius 2 is 1.76 bits per heavy atom. The Bertz CT molecular complexity index is 528. The quantitative estimate of drug-likeness (QED) is 0.871. The second-order valence-corrected chi connectivity index (χ2v) is 6.25. The number of benzene rings is 1. The van der Waals surface area contributed by atoms with Gasteiger partial charge in [-0.3, -0.25) is 9.59 Å². The fraction of sp³-hybridized carbons (Fsp3) is 0.529. The predicted octanol–water partition coefficient (Wildman–Crippen LogP) is 2.09. The van der Waals surface area contributed by atoms with Gasteiger partial charge in [0.1, 0.15) is 0 Å². The van der Waals surface area contributed by atoms with E-state index in [1.165, 1.54) is 5.56 Å². The van der Waals surface area contributed by atoms with Gasteiger partial charge in [0.15, 0.2) is 0 Å². The molecule has 0 spiro atoms. The molecule has 2 fully saturated rings. The van der Waals surface area contributed by atoms with Crippen molar-refractivity contribution in [1.82, 2.24) is 5.32 Å². The van der Waals surface area contributed by atoms with Crippen LogP contribution >= 0.6 is 0 Å². The molecule has 21 heavy (non-hydrogen) atoms. The number of carbonyl (C=O) groups excluding carboxylic acids is 1. The molecule has 1 aromatic rings. The SMILES string of the molecule is O=C(NCCc1ccccc1)[C@@H]1[C@H]2CC[C@@H](C2)[C@@H]1C(=O)O. The molecule has 0 heterocycles. The predicted molar refractivity (Wildman–Crippen MR) is 78.6 cm³/mol. The highest BCUT2D eigenvalue weighted by molar-refractivity contribution is 5.86. The standard InChI is InChI=1S/C17H21NO3/c19-16(18-9-8-11-4-2-1-3-5-11)14-12-6-7-13(10-12)15(14)17(20)21/h1-5,12-15H,6-10H2,(H,18,19)(H,20,21)/t12-,13-,14+,15-/m0/s1. The molecule has 2 aliphatic rings. The topological polar surface area (TPSA) is 66.4 Å². The number of rotatable bonds is 5. The zero-order valence-corrected chi connectivity index (χ0v) is 12.0. The average molecular weight is 287 g/mol. The summed E-state index contributed by atoms with van der Waals surface area (Å²) in [6.07, 6.45) is 3.67. The summed E-state index contributed by atoms with van der Waals surface area (Å²) in [6, 6.07) is 9.99. The maximum Gasteiger partial charge on any atom is 0.307 e. The molecular formula is C17H21NO3. The number of nitrogens with one attached hydrogen (secondary N) is 1. The lowest BCUT2D eigenvalue weighted by atomic mass is 9.78. The van der Waals surface area contributed by atoms with E-state index in [1.54, 1.807) is 0 Å². The van der Waals surface area contributed by atoms with Crippen molar-refractivity contribution in [3.05, 3.63) is 35.9 Å². The van der Waals surface area contributed by atoms with Crippen molar-refractivity contribution in [2.24, 2.45) is 23.7 Å². The Balaban J connectivity index is 1.56. The van der Waals surface area contributed by atoms with Gasteiger partial charge in [-0.05, 0) is 43.1 Å². The van der Waals surface area contributed by atoms with Gasteiger partial charge in [-0.25, -0.2) is 0 Å². The molecule has 0 aromatic heterocycles. The Kier molecular flexibility index (Phi) is 3.95. The lowest BCUT2D eigenvalue weighted by Crippen LogP contribution is -2.41. The monoisotopic (exact) mass is 287 g/mol. The minimum atomic E-state index is -0.801. The number of carbonyl (C=O) groups is 2. The summed E-state index contributed by atoms with van der Waals surface area (Å²) < 4.78 is 0. The van der Waals surface area contributed by atoms with E-state index in [2.05, 4.69) is 5.32 Å². The van der Waals surface area contributed by atoms with Gasteiger partial charge in [0.25, 0.3) is 0 Å². The van der Waals surface area contributed by atoms with Gasteiger partial charge in [-0.1, -0.05) is 30.3 Å². The van der Waals surface area contributed by atoms with Crippen molar-refractivity contribution in [1.29, 1.82) is 0 Å². The van der Waals surface area contributed by atoms with E-state index in [-0.39, 0.29) is 23.7 Å². The molecule has 1 amide bonds. The first-order valence-corrected chi connectivity index (χ1v) is 7.71. The van der Waals surface area contributed by atoms with Crippen LogP contribution in [-0.2, 0) is 16.0 Å². The Morgan fingerprint density at radius 1 is 1.10 bits per heavy atom. The van der Waals surface area contributed by atoms with E-state index in [0.29, 0.717) is 6.54 Å². The summed E-state index contributed by atoms with van der Waals surface area (Å²) in [5, 5.41) is 12.3. The van der Waals surface area contributed by atoms with Crippen LogP contribution in [0.2, 0.25) is 0 Å². The number of aliphatic carboxylic acids is 1. The Morgan fingerprint density at radius 3 is 2.43 bits per heavy atom. The van der Waals surface area contributed by atoms with Gasteiger partial charge in [0, 0.05) is 6.54 Å². The smallest absolute Gasteiger partial charge is 0.307 e. The highest BCUT2D eigenvalue weighted by atomic mass is 16.4. The molecule has 0 aliphatic heterocycles. The summed E-state index contributed by atoms with van der Waals surface area (Å²) in [6.45, 7) is 0.572. The highest BCUT2D eigenvalue weighted by Gasteiger charge is 2.53. The van der Waals surface area contributed by atoms with Crippen LogP contribution in [0, 0.1) is 23.7 Å². The lowest BCUT2D eigenvalue weighted by Gasteiger charge is -2.27. The van der Waals surface area contributed by atoms with Crippen molar-refractivity contribution >= 4 is 11.9 Å². The molecule has 4 atom stereocenters. The summed E-state index contributed by atoms with van der Waals surface area (Å²) in [7, 11) is 0. The third kappa shape index (κ3) is 2.80. The Hall–Kier alpha value is -1.84. The molecule has 0 unspecified atom stereocenters. The minimum Gasteiger partial charge on any atom is -0.481 e. The van der Waals surface area contributed by atoms with Crippen molar-refractivity contribution in [2.75, 3.05) is 6.54 Å². The van der Waals surface area contributed by atoms with E-state index in [0.717, 1.165) is 25.7 Å². The van der Waals surface area contributed by atoms with Gasteiger partial charge in [0.2, 0.25) is 5.91 Å². The summed E-state index contributed by atoms with van der Waals surface area (Å²) in [5.74, 6) is -1.18. The van der Waals surface area contributed by atoms with E-state index in [4.69, 9.17) is 0 Å². The largest absolute Gasteiger partial charge is 0.481 e. The number of hydrogen-bond donors (Lipinski definition) is 2. The van der Waals surface area contributed by atoms with E-state index < -0.39 is 11.9 Å². The van der Waals surface area contributed by atoms with Crippen LogP contribution in [0.15, 0.2) is 30.3 Å². The minimum absolute atomic E-state index is 0.0643. The Labute approximate surface area is 124 Å². The molecule has 2 bridgehead atoms. The third-order valence-electron chi connectivity index (χ3n) is 5.06. The fourth-order valence-electron chi connectivity index (χ4n) is 4.12.